The van der Waals surface area contributed by atoms with Crippen LogP contribution in [0, 0.1) is 0 Å². The second-order valence-corrected chi connectivity index (χ2v) is 6.73. The van der Waals surface area contributed by atoms with Crippen LogP contribution in [-0.2, 0) is 13.1 Å². The molecule has 108 valence electrons. The Balaban J connectivity index is 1.81. The van der Waals surface area contributed by atoms with Crippen LogP contribution >= 0.6 is 11.3 Å². The highest BCUT2D eigenvalue weighted by Gasteiger charge is 2.21. The second kappa shape index (κ2) is 7.39. The van der Waals surface area contributed by atoms with Crippen molar-refractivity contribution >= 4 is 11.3 Å². The maximum Gasteiger partial charge on any atom is 0.0327 e. The summed E-state index contributed by atoms with van der Waals surface area (Å²) in [7, 11) is 4.29. The summed E-state index contributed by atoms with van der Waals surface area (Å²) in [6.07, 6.45) is 2.64. The topological polar surface area (TPSA) is 18.5 Å². The molecule has 1 aromatic rings. The summed E-state index contributed by atoms with van der Waals surface area (Å²) in [6.45, 7) is 8.09. The predicted octanol–water partition coefficient (Wildman–Crippen LogP) is 2.38. The molecule has 0 saturated carbocycles. The van der Waals surface area contributed by atoms with Gasteiger partial charge in [-0.15, -0.1) is 11.3 Å². The van der Waals surface area contributed by atoms with E-state index in [1.807, 2.05) is 18.4 Å². The first kappa shape index (κ1) is 15.0. The maximum atomic E-state index is 3.22. The number of piperidine rings is 1. The van der Waals surface area contributed by atoms with Gasteiger partial charge in [0.15, 0.2) is 0 Å². The summed E-state index contributed by atoms with van der Waals surface area (Å²) in [4.78, 5) is 8.03. The molecule has 1 aliphatic heterocycles. The van der Waals surface area contributed by atoms with Gasteiger partial charge in [0, 0.05) is 28.9 Å². The summed E-state index contributed by atoms with van der Waals surface area (Å²) < 4.78 is 0. The van der Waals surface area contributed by atoms with Crippen LogP contribution in [0.5, 0.6) is 0 Å². The molecular weight excluding hydrogens is 254 g/mol. The lowest BCUT2D eigenvalue weighted by atomic mass is 10.0. The van der Waals surface area contributed by atoms with E-state index in [0.29, 0.717) is 0 Å². The van der Waals surface area contributed by atoms with Crippen molar-refractivity contribution in [2.24, 2.45) is 0 Å². The quantitative estimate of drug-likeness (QED) is 0.864. The molecule has 0 unspecified atom stereocenters. The van der Waals surface area contributed by atoms with E-state index in [1.165, 1.54) is 42.2 Å². The van der Waals surface area contributed by atoms with Crippen molar-refractivity contribution in [3.8, 4) is 0 Å². The average Bonchev–Trinajstić information content (AvgIpc) is 2.86. The molecule has 2 rings (SSSR count). The van der Waals surface area contributed by atoms with Crippen molar-refractivity contribution in [1.82, 2.24) is 15.1 Å². The van der Waals surface area contributed by atoms with E-state index >= 15 is 0 Å². The first-order valence-electron chi connectivity index (χ1n) is 7.37. The van der Waals surface area contributed by atoms with Crippen LogP contribution in [0.1, 0.15) is 29.5 Å². The van der Waals surface area contributed by atoms with Crippen LogP contribution in [0.25, 0.3) is 0 Å². The second-order valence-electron chi connectivity index (χ2n) is 5.48. The summed E-state index contributed by atoms with van der Waals surface area (Å²) in [5, 5.41) is 3.22. The molecule has 0 bridgehead atoms. The Kier molecular flexibility index (Phi) is 5.82. The number of nitrogens with zero attached hydrogens (tertiary/aromatic N) is 2. The molecule has 1 aliphatic rings. The van der Waals surface area contributed by atoms with Crippen molar-refractivity contribution in [3.63, 3.8) is 0 Å². The molecule has 1 saturated heterocycles. The van der Waals surface area contributed by atoms with Crippen molar-refractivity contribution in [1.29, 1.82) is 0 Å². The highest BCUT2D eigenvalue weighted by atomic mass is 32.1. The Morgan fingerprint density at radius 2 is 2.00 bits per heavy atom. The first-order valence-corrected chi connectivity index (χ1v) is 8.19. The normalized spacial score (nSPS) is 18.3. The van der Waals surface area contributed by atoms with Crippen molar-refractivity contribution in [3.05, 3.63) is 21.9 Å². The van der Waals surface area contributed by atoms with Gasteiger partial charge in [-0.05, 0) is 58.7 Å². The van der Waals surface area contributed by atoms with Crippen LogP contribution < -0.4 is 5.32 Å². The standard InChI is InChI=1S/C15H27N3S/c1-4-18-9-7-13(8-10-18)17(3)12-15-6-5-14(19-15)11-16-2/h5-6,13,16H,4,7-12H2,1-3H3. The number of hydrogen-bond donors (Lipinski definition) is 1. The van der Waals surface area contributed by atoms with Gasteiger partial charge in [-0.2, -0.15) is 0 Å². The Labute approximate surface area is 121 Å². The van der Waals surface area contributed by atoms with Gasteiger partial charge in [0.25, 0.3) is 0 Å². The van der Waals surface area contributed by atoms with E-state index in [2.05, 4.69) is 41.2 Å². The fraction of sp³-hybridized carbons (Fsp3) is 0.733. The van der Waals surface area contributed by atoms with Crippen molar-refractivity contribution < 1.29 is 0 Å². The zero-order valence-corrected chi connectivity index (χ0v) is 13.3. The van der Waals surface area contributed by atoms with E-state index in [4.69, 9.17) is 0 Å². The van der Waals surface area contributed by atoms with Gasteiger partial charge in [0.2, 0.25) is 0 Å². The van der Waals surface area contributed by atoms with Crippen LogP contribution in [0.15, 0.2) is 12.1 Å². The molecule has 0 aromatic carbocycles. The minimum Gasteiger partial charge on any atom is -0.315 e. The lowest BCUT2D eigenvalue weighted by Gasteiger charge is -2.36. The fourth-order valence-electron chi connectivity index (χ4n) is 2.83. The van der Waals surface area contributed by atoms with E-state index < -0.39 is 0 Å². The van der Waals surface area contributed by atoms with E-state index in [1.54, 1.807) is 0 Å². The monoisotopic (exact) mass is 281 g/mol. The number of likely N-dealkylation sites (tertiary alicyclic amines) is 1. The van der Waals surface area contributed by atoms with Crippen molar-refractivity contribution in [2.45, 2.75) is 38.9 Å². The molecule has 0 amide bonds. The largest absolute Gasteiger partial charge is 0.315 e. The Morgan fingerprint density at radius 3 is 2.63 bits per heavy atom. The maximum absolute atomic E-state index is 3.22. The first-order chi connectivity index (χ1) is 9.22. The number of hydrogen-bond acceptors (Lipinski definition) is 4. The van der Waals surface area contributed by atoms with Crippen LogP contribution in [0.4, 0.5) is 0 Å². The lowest BCUT2D eigenvalue weighted by Crippen LogP contribution is -2.42. The van der Waals surface area contributed by atoms with Gasteiger partial charge in [-0.3, -0.25) is 4.90 Å². The molecule has 1 N–H and O–H groups in total. The Bertz CT molecular complexity index is 369. The highest BCUT2D eigenvalue weighted by Crippen LogP contribution is 2.21. The summed E-state index contributed by atoms with van der Waals surface area (Å²) in [5.74, 6) is 0. The summed E-state index contributed by atoms with van der Waals surface area (Å²) in [5.41, 5.74) is 0. The van der Waals surface area contributed by atoms with E-state index in [9.17, 15) is 0 Å². The molecule has 2 heterocycles. The average molecular weight is 281 g/mol. The number of rotatable bonds is 6. The number of thiophene rings is 1. The molecule has 0 spiro atoms. The zero-order valence-electron chi connectivity index (χ0n) is 12.5. The van der Waals surface area contributed by atoms with Gasteiger partial charge >= 0.3 is 0 Å². The van der Waals surface area contributed by atoms with Gasteiger partial charge in [-0.25, -0.2) is 0 Å². The molecule has 0 aliphatic carbocycles. The minimum absolute atomic E-state index is 0.762. The molecule has 0 atom stereocenters. The molecule has 1 fully saturated rings. The van der Waals surface area contributed by atoms with Gasteiger partial charge < -0.3 is 10.2 Å². The third-order valence-electron chi connectivity index (χ3n) is 4.10. The van der Waals surface area contributed by atoms with E-state index in [0.717, 1.165) is 19.1 Å². The van der Waals surface area contributed by atoms with Crippen LogP contribution in [-0.4, -0.2) is 49.6 Å². The van der Waals surface area contributed by atoms with Crippen LogP contribution in [0.3, 0.4) is 0 Å². The van der Waals surface area contributed by atoms with E-state index in [-0.39, 0.29) is 0 Å². The SMILES string of the molecule is CCN1CCC(N(C)Cc2ccc(CNC)s2)CC1. The number of nitrogens with one attached hydrogen (secondary N) is 1. The minimum atomic E-state index is 0.762. The smallest absolute Gasteiger partial charge is 0.0327 e. The predicted molar refractivity (Wildman–Crippen MR) is 83.7 cm³/mol. The fourth-order valence-corrected chi connectivity index (χ4v) is 3.92. The molecule has 19 heavy (non-hydrogen) atoms. The molecule has 4 heteroatoms. The van der Waals surface area contributed by atoms with Gasteiger partial charge in [0.1, 0.15) is 0 Å². The third kappa shape index (κ3) is 4.28. The van der Waals surface area contributed by atoms with Crippen LogP contribution in [0.2, 0.25) is 0 Å². The summed E-state index contributed by atoms with van der Waals surface area (Å²) in [6, 6.07) is 5.30. The highest BCUT2D eigenvalue weighted by molar-refractivity contribution is 7.11. The lowest BCUT2D eigenvalue weighted by molar-refractivity contribution is 0.128. The molecule has 3 nitrogen and oxygen atoms in total. The summed E-state index contributed by atoms with van der Waals surface area (Å²) >= 11 is 1.94. The molecule has 1 aromatic heterocycles. The molecular formula is C15H27N3S. The zero-order chi connectivity index (χ0) is 13.7. The Hall–Kier alpha value is -0.420. The van der Waals surface area contributed by atoms with Gasteiger partial charge in [-0.1, -0.05) is 6.92 Å². The third-order valence-corrected chi connectivity index (χ3v) is 5.17. The molecule has 0 radical (unpaired) electrons. The Morgan fingerprint density at radius 1 is 1.32 bits per heavy atom. The van der Waals surface area contributed by atoms with Gasteiger partial charge in [0.05, 0.1) is 0 Å². The van der Waals surface area contributed by atoms with Crippen molar-refractivity contribution in [2.75, 3.05) is 33.7 Å².